The molecule has 0 aliphatic rings. The van der Waals surface area contributed by atoms with Crippen LogP contribution in [0.4, 0.5) is 0 Å². The summed E-state index contributed by atoms with van der Waals surface area (Å²) in [7, 11) is 0. The first-order chi connectivity index (χ1) is 13.3. The Bertz CT molecular complexity index is 1150. The third-order valence-corrected chi connectivity index (χ3v) is 5.29. The molecule has 27 heavy (non-hydrogen) atoms. The Morgan fingerprint density at radius 2 is 1.37 bits per heavy atom. The zero-order valence-electron chi connectivity index (χ0n) is 15.9. The summed E-state index contributed by atoms with van der Waals surface area (Å²) in [5.41, 5.74) is 5.21. The lowest BCUT2D eigenvalue weighted by atomic mass is 9.92. The maximum atomic E-state index is 2.27. The van der Waals surface area contributed by atoms with Gasteiger partial charge in [-0.15, -0.1) is 0 Å². The van der Waals surface area contributed by atoms with E-state index in [9.17, 15) is 0 Å². The highest BCUT2D eigenvalue weighted by atomic mass is 14.1. The van der Waals surface area contributed by atoms with Crippen LogP contribution in [0.1, 0.15) is 25.8 Å². The standard InChI is InChI=1S/C27H24/c1-3-20(4-2)16-17-22-18-19-27(25-14-8-7-13-24(22)25)26-15-9-11-21-10-5-6-12-23(21)26/h3,5-19H,4H2,1-2H3. The van der Waals surface area contributed by atoms with Crippen molar-refractivity contribution in [1.82, 2.24) is 0 Å². The Kier molecular flexibility index (Phi) is 4.89. The highest BCUT2D eigenvalue weighted by Crippen LogP contribution is 2.35. The molecule has 4 aromatic rings. The van der Waals surface area contributed by atoms with Crippen LogP contribution in [0.2, 0.25) is 0 Å². The molecule has 0 unspecified atom stereocenters. The van der Waals surface area contributed by atoms with Gasteiger partial charge in [0.2, 0.25) is 0 Å². The topological polar surface area (TPSA) is 0 Å². The quantitative estimate of drug-likeness (QED) is 0.327. The Hall–Kier alpha value is -3.12. The van der Waals surface area contributed by atoms with Crippen molar-refractivity contribution in [2.45, 2.75) is 20.3 Å². The molecule has 0 heterocycles. The summed E-state index contributed by atoms with van der Waals surface area (Å²) in [5, 5.41) is 5.18. The minimum Gasteiger partial charge on any atom is -0.0845 e. The van der Waals surface area contributed by atoms with Crippen molar-refractivity contribution in [2.75, 3.05) is 0 Å². The molecule has 0 amide bonds. The SMILES string of the molecule is CC=C(C=Cc1ccc(-c2cccc3ccccc23)c2ccccc12)CC. The Labute approximate surface area is 161 Å². The van der Waals surface area contributed by atoms with Crippen LogP contribution in [0.25, 0.3) is 38.7 Å². The molecule has 0 aromatic heterocycles. The van der Waals surface area contributed by atoms with E-state index in [1.165, 1.54) is 43.8 Å². The molecule has 4 aromatic carbocycles. The van der Waals surface area contributed by atoms with Gasteiger partial charge in [-0.1, -0.05) is 110 Å². The highest BCUT2D eigenvalue weighted by Gasteiger charge is 2.09. The summed E-state index contributed by atoms with van der Waals surface area (Å²) in [5.74, 6) is 0. The lowest BCUT2D eigenvalue weighted by Crippen LogP contribution is -1.86. The zero-order chi connectivity index (χ0) is 18.6. The van der Waals surface area contributed by atoms with Crippen molar-refractivity contribution in [1.29, 1.82) is 0 Å². The molecular formula is C27H24. The summed E-state index contributed by atoms with van der Waals surface area (Å²) in [6.07, 6.45) is 7.72. The second kappa shape index (κ2) is 7.63. The van der Waals surface area contributed by atoms with Gasteiger partial charge in [-0.3, -0.25) is 0 Å². The van der Waals surface area contributed by atoms with Crippen molar-refractivity contribution in [3.63, 3.8) is 0 Å². The number of fused-ring (bicyclic) bond motifs is 2. The van der Waals surface area contributed by atoms with Crippen LogP contribution in [0.5, 0.6) is 0 Å². The molecule has 0 radical (unpaired) electrons. The first-order valence-electron chi connectivity index (χ1n) is 9.65. The summed E-state index contributed by atoms with van der Waals surface area (Å²) in [4.78, 5) is 0. The maximum absolute atomic E-state index is 2.27. The van der Waals surface area contributed by atoms with Crippen LogP contribution in [-0.2, 0) is 0 Å². The van der Waals surface area contributed by atoms with Crippen molar-refractivity contribution >= 4 is 27.6 Å². The van der Waals surface area contributed by atoms with Crippen LogP contribution >= 0.6 is 0 Å². The van der Waals surface area contributed by atoms with Crippen LogP contribution in [0.15, 0.2) is 96.6 Å². The van der Waals surface area contributed by atoms with E-state index in [1.807, 2.05) is 0 Å². The average Bonchev–Trinajstić information content (AvgIpc) is 2.74. The van der Waals surface area contributed by atoms with Gasteiger partial charge < -0.3 is 0 Å². The fourth-order valence-corrected chi connectivity index (χ4v) is 3.78. The molecule has 0 fully saturated rings. The largest absolute Gasteiger partial charge is 0.0845 e. The normalized spacial score (nSPS) is 12.3. The summed E-state index contributed by atoms with van der Waals surface area (Å²) in [6, 6.07) is 28.4. The number of hydrogen-bond donors (Lipinski definition) is 0. The smallest absolute Gasteiger partial charge is 0.00987 e. The monoisotopic (exact) mass is 348 g/mol. The molecule has 0 atom stereocenters. The van der Waals surface area contributed by atoms with Crippen molar-refractivity contribution in [2.24, 2.45) is 0 Å². The molecule has 0 saturated carbocycles. The Morgan fingerprint density at radius 1 is 0.704 bits per heavy atom. The maximum Gasteiger partial charge on any atom is -0.00987 e. The van der Waals surface area contributed by atoms with Gasteiger partial charge in [0.1, 0.15) is 0 Å². The van der Waals surface area contributed by atoms with Gasteiger partial charge in [0.05, 0.1) is 0 Å². The molecular weight excluding hydrogens is 324 g/mol. The van der Waals surface area contributed by atoms with E-state index in [-0.39, 0.29) is 0 Å². The number of allylic oxidation sites excluding steroid dienone is 3. The molecule has 0 nitrogen and oxygen atoms in total. The summed E-state index contributed by atoms with van der Waals surface area (Å²) in [6.45, 7) is 4.30. The van der Waals surface area contributed by atoms with Gasteiger partial charge in [0, 0.05) is 0 Å². The van der Waals surface area contributed by atoms with Crippen LogP contribution < -0.4 is 0 Å². The van der Waals surface area contributed by atoms with Gasteiger partial charge in [0.15, 0.2) is 0 Å². The van der Waals surface area contributed by atoms with Gasteiger partial charge in [-0.2, -0.15) is 0 Å². The molecule has 0 aliphatic heterocycles. The second-order valence-electron chi connectivity index (χ2n) is 6.83. The minimum atomic E-state index is 1.05. The van der Waals surface area contributed by atoms with E-state index in [0.29, 0.717) is 0 Å². The van der Waals surface area contributed by atoms with Gasteiger partial charge in [-0.05, 0) is 51.6 Å². The molecule has 132 valence electrons. The predicted molar refractivity (Wildman–Crippen MR) is 120 cm³/mol. The fourth-order valence-electron chi connectivity index (χ4n) is 3.78. The van der Waals surface area contributed by atoms with E-state index in [2.05, 4.69) is 111 Å². The first-order valence-corrected chi connectivity index (χ1v) is 9.65. The first kappa shape index (κ1) is 17.3. The van der Waals surface area contributed by atoms with E-state index >= 15 is 0 Å². The lowest BCUT2D eigenvalue weighted by molar-refractivity contribution is 1.14. The van der Waals surface area contributed by atoms with Gasteiger partial charge in [0.25, 0.3) is 0 Å². The lowest BCUT2D eigenvalue weighted by Gasteiger charge is -2.12. The van der Waals surface area contributed by atoms with E-state index in [0.717, 1.165) is 6.42 Å². The number of benzene rings is 4. The van der Waals surface area contributed by atoms with Gasteiger partial charge in [-0.25, -0.2) is 0 Å². The second-order valence-corrected chi connectivity index (χ2v) is 6.83. The third kappa shape index (κ3) is 3.31. The minimum absolute atomic E-state index is 1.05. The van der Waals surface area contributed by atoms with Crippen LogP contribution in [0, 0.1) is 0 Å². The van der Waals surface area contributed by atoms with E-state index in [1.54, 1.807) is 0 Å². The Balaban J connectivity index is 1.93. The molecule has 0 saturated heterocycles. The third-order valence-electron chi connectivity index (χ3n) is 5.29. The Morgan fingerprint density at radius 3 is 2.15 bits per heavy atom. The summed E-state index contributed by atoms with van der Waals surface area (Å²) < 4.78 is 0. The molecule has 0 aliphatic carbocycles. The average molecular weight is 348 g/mol. The number of rotatable bonds is 4. The fraction of sp³-hybridized carbons (Fsp3) is 0.111. The molecule has 0 N–H and O–H groups in total. The number of hydrogen-bond acceptors (Lipinski definition) is 0. The predicted octanol–water partition coefficient (Wildman–Crippen LogP) is 8.03. The summed E-state index contributed by atoms with van der Waals surface area (Å²) >= 11 is 0. The highest BCUT2D eigenvalue weighted by molar-refractivity contribution is 6.07. The van der Waals surface area contributed by atoms with E-state index in [4.69, 9.17) is 0 Å². The van der Waals surface area contributed by atoms with Crippen molar-refractivity contribution in [3.8, 4) is 11.1 Å². The van der Waals surface area contributed by atoms with Crippen molar-refractivity contribution < 1.29 is 0 Å². The van der Waals surface area contributed by atoms with Crippen molar-refractivity contribution in [3.05, 3.63) is 102 Å². The molecule has 4 rings (SSSR count). The zero-order valence-corrected chi connectivity index (χ0v) is 15.9. The van der Waals surface area contributed by atoms with Gasteiger partial charge >= 0.3 is 0 Å². The molecule has 0 bridgehead atoms. The van der Waals surface area contributed by atoms with E-state index < -0.39 is 0 Å². The molecule has 0 spiro atoms. The molecule has 0 heteroatoms. The van der Waals surface area contributed by atoms with Crippen LogP contribution in [-0.4, -0.2) is 0 Å². The van der Waals surface area contributed by atoms with Crippen LogP contribution in [0.3, 0.4) is 0 Å².